The Labute approximate surface area is 207 Å². The molecule has 0 aromatic heterocycles. The predicted octanol–water partition coefficient (Wildman–Crippen LogP) is 4.58. The van der Waals surface area contributed by atoms with Gasteiger partial charge in [-0.25, -0.2) is 8.42 Å². The maximum absolute atomic E-state index is 13.2. The molecule has 0 saturated carbocycles. The van der Waals surface area contributed by atoms with Crippen LogP contribution in [0, 0.1) is 13.8 Å². The number of benzene rings is 3. The molecule has 7 heteroatoms. The summed E-state index contributed by atoms with van der Waals surface area (Å²) in [6.45, 7) is 7.23. The fraction of sp³-hybridized carbons (Fsp3) is 0.250. The molecule has 1 fully saturated rings. The van der Waals surface area contributed by atoms with Crippen LogP contribution in [0.4, 0.5) is 5.69 Å². The number of aryl methyl sites for hydroxylation is 2. The molecule has 4 rings (SSSR count). The Morgan fingerprint density at radius 3 is 2.37 bits per heavy atom. The van der Waals surface area contributed by atoms with Gasteiger partial charge < -0.3 is 4.90 Å². The predicted molar refractivity (Wildman–Crippen MR) is 141 cm³/mol. The monoisotopic (exact) mass is 489 g/mol. The number of hydrogen-bond acceptors (Lipinski definition) is 4. The molecule has 6 nitrogen and oxygen atoms in total. The molecule has 1 heterocycles. The van der Waals surface area contributed by atoms with Crippen LogP contribution in [0.3, 0.4) is 0 Å². The normalized spacial score (nSPS) is 14.9. The van der Waals surface area contributed by atoms with Crippen LogP contribution >= 0.6 is 0 Å². The van der Waals surface area contributed by atoms with Gasteiger partial charge in [0.25, 0.3) is 15.9 Å². The molecule has 35 heavy (non-hydrogen) atoms. The topological polar surface area (TPSA) is 69.7 Å². The van der Waals surface area contributed by atoms with E-state index in [9.17, 15) is 13.2 Å². The van der Waals surface area contributed by atoms with Gasteiger partial charge in [-0.3, -0.25) is 14.4 Å². The van der Waals surface area contributed by atoms with E-state index in [-0.39, 0.29) is 10.8 Å². The number of anilines is 1. The van der Waals surface area contributed by atoms with E-state index < -0.39 is 10.0 Å². The Hall–Kier alpha value is -3.42. The molecular weight excluding hydrogens is 458 g/mol. The lowest BCUT2D eigenvalue weighted by Crippen LogP contribution is -2.48. The van der Waals surface area contributed by atoms with E-state index in [1.165, 1.54) is 11.6 Å². The van der Waals surface area contributed by atoms with Gasteiger partial charge in [-0.05, 0) is 54.8 Å². The minimum absolute atomic E-state index is 0.120. The first-order valence-corrected chi connectivity index (χ1v) is 13.2. The highest BCUT2D eigenvalue weighted by molar-refractivity contribution is 7.92. The van der Waals surface area contributed by atoms with E-state index in [2.05, 4.69) is 33.9 Å². The van der Waals surface area contributed by atoms with Crippen molar-refractivity contribution in [1.82, 2.24) is 9.80 Å². The molecule has 1 saturated heterocycles. The lowest BCUT2D eigenvalue weighted by molar-refractivity contribution is 0.0650. The molecule has 1 aliphatic heterocycles. The standard InChI is InChI=1S/C28H31N3O3S/c1-22-8-6-12-26(20-22)29-35(33,34)27-21-25(14-13-23(27)2)28(32)31-18-16-30(17-19-31)15-7-11-24-9-4-3-5-10-24/h3-14,20-21,29H,15-19H2,1-2H3/b11-7+. The Morgan fingerprint density at radius 1 is 0.914 bits per heavy atom. The number of nitrogens with zero attached hydrogens (tertiary/aromatic N) is 2. The molecule has 3 aromatic carbocycles. The van der Waals surface area contributed by atoms with Crippen molar-refractivity contribution >= 4 is 27.7 Å². The van der Waals surface area contributed by atoms with E-state index >= 15 is 0 Å². The third kappa shape index (κ3) is 6.38. The van der Waals surface area contributed by atoms with Gasteiger partial charge in [0.1, 0.15) is 0 Å². The number of amides is 1. The first-order chi connectivity index (χ1) is 16.8. The summed E-state index contributed by atoms with van der Waals surface area (Å²) >= 11 is 0. The molecule has 0 atom stereocenters. The van der Waals surface area contributed by atoms with Gasteiger partial charge in [-0.2, -0.15) is 0 Å². The molecule has 1 N–H and O–H groups in total. The number of sulfonamides is 1. The number of rotatable bonds is 7. The van der Waals surface area contributed by atoms with Crippen LogP contribution in [0.25, 0.3) is 6.08 Å². The Morgan fingerprint density at radius 2 is 1.66 bits per heavy atom. The summed E-state index contributed by atoms with van der Waals surface area (Å²) in [5.41, 5.74) is 3.61. The summed E-state index contributed by atoms with van der Waals surface area (Å²) in [7, 11) is -3.83. The second kappa shape index (κ2) is 10.9. The van der Waals surface area contributed by atoms with Gasteiger partial charge >= 0.3 is 0 Å². The zero-order valence-corrected chi connectivity index (χ0v) is 21.0. The summed E-state index contributed by atoms with van der Waals surface area (Å²) in [4.78, 5) is 17.4. The fourth-order valence-corrected chi connectivity index (χ4v) is 5.48. The molecule has 0 aliphatic carbocycles. The molecule has 0 bridgehead atoms. The molecular formula is C28H31N3O3S. The van der Waals surface area contributed by atoms with Crippen molar-refractivity contribution in [2.45, 2.75) is 18.7 Å². The molecule has 1 amide bonds. The van der Waals surface area contributed by atoms with Crippen LogP contribution in [0.5, 0.6) is 0 Å². The Kier molecular flexibility index (Phi) is 7.68. The molecule has 3 aromatic rings. The second-order valence-electron chi connectivity index (χ2n) is 8.86. The van der Waals surface area contributed by atoms with Crippen molar-refractivity contribution in [3.63, 3.8) is 0 Å². The van der Waals surface area contributed by atoms with E-state index in [1.54, 1.807) is 42.2 Å². The zero-order chi connectivity index (χ0) is 24.8. The number of carbonyl (C=O) groups is 1. The van der Waals surface area contributed by atoms with Crippen molar-refractivity contribution < 1.29 is 13.2 Å². The van der Waals surface area contributed by atoms with Crippen LogP contribution in [0.1, 0.15) is 27.0 Å². The van der Waals surface area contributed by atoms with Crippen molar-refractivity contribution in [2.24, 2.45) is 0 Å². The smallest absolute Gasteiger partial charge is 0.262 e. The Bertz CT molecular complexity index is 1310. The minimum Gasteiger partial charge on any atom is -0.336 e. The number of carbonyl (C=O) groups excluding carboxylic acids is 1. The fourth-order valence-electron chi connectivity index (χ4n) is 4.16. The average molecular weight is 490 g/mol. The zero-order valence-electron chi connectivity index (χ0n) is 20.1. The van der Waals surface area contributed by atoms with E-state index in [4.69, 9.17) is 0 Å². The molecule has 1 aliphatic rings. The summed E-state index contributed by atoms with van der Waals surface area (Å²) in [6, 6.07) is 22.3. The summed E-state index contributed by atoms with van der Waals surface area (Å²) in [5.74, 6) is -0.142. The number of nitrogens with one attached hydrogen (secondary N) is 1. The quantitative estimate of drug-likeness (QED) is 0.528. The molecule has 0 unspecified atom stereocenters. The maximum Gasteiger partial charge on any atom is 0.262 e. The number of piperazine rings is 1. The lowest BCUT2D eigenvalue weighted by Gasteiger charge is -2.34. The van der Waals surface area contributed by atoms with Crippen LogP contribution in [-0.4, -0.2) is 56.8 Å². The summed E-state index contributed by atoms with van der Waals surface area (Å²) in [5, 5.41) is 0. The van der Waals surface area contributed by atoms with E-state index in [0.717, 1.165) is 25.2 Å². The van der Waals surface area contributed by atoms with Crippen molar-refractivity contribution in [3.05, 3.63) is 101 Å². The molecule has 182 valence electrons. The summed E-state index contributed by atoms with van der Waals surface area (Å²) < 4.78 is 28.8. The summed E-state index contributed by atoms with van der Waals surface area (Å²) in [6.07, 6.45) is 4.25. The molecule has 0 radical (unpaired) electrons. The Balaban J connectivity index is 1.39. The molecule has 0 spiro atoms. The van der Waals surface area contributed by atoms with Gasteiger partial charge in [-0.1, -0.05) is 60.7 Å². The minimum atomic E-state index is -3.83. The van der Waals surface area contributed by atoms with Gasteiger partial charge in [-0.15, -0.1) is 0 Å². The van der Waals surface area contributed by atoms with E-state index in [0.29, 0.717) is 29.9 Å². The van der Waals surface area contributed by atoms with Crippen LogP contribution in [0.2, 0.25) is 0 Å². The highest BCUT2D eigenvalue weighted by atomic mass is 32.2. The average Bonchev–Trinajstić information content (AvgIpc) is 2.85. The SMILES string of the molecule is Cc1cccc(NS(=O)(=O)c2cc(C(=O)N3CCN(C/C=C/c4ccccc4)CC3)ccc2C)c1. The van der Waals surface area contributed by atoms with Crippen molar-refractivity contribution in [2.75, 3.05) is 37.4 Å². The highest BCUT2D eigenvalue weighted by Crippen LogP contribution is 2.22. The third-order valence-corrected chi connectivity index (χ3v) is 7.65. The van der Waals surface area contributed by atoms with Gasteiger partial charge in [0.2, 0.25) is 0 Å². The highest BCUT2D eigenvalue weighted by Gasteiger charge is 2.24. The first kappa shape index (κ1) is 24.7. The number of hydrogen-bond donors (Lipinski definition) is 1. The first-order valence-electron chi connectivity index (χ1n) is 11.8. The van der Waals surface area contributed by atoms with Gasteiger partial charge in [0.15, 0.2) is 0 Å². The van der Waals surface area contributed by atoms with Gasteiger partial charge in [0.05, 0.1) is 4.90 Å². The van der Waals surface area contributed by atoms with Crippen LogP contribution < -0.4 is 4.72 Å². The van der Waals surface area contributed by atoms with Gasteiger partial charge in [0, 0.05) is 44.0 Å². The second-order valence-corrected chi connectivity index (χ2v) is 10.5. The van der Waals surface area contributed by atoms with Crippen molar-refractivity contribution in [1.29, 1.82) is 0 Å². The third-order valence-electron chi connectivity index (χ3n) is 6.13. The van der Waals surface area contributed by atoms with Crippen molar-refractivity contribution in [3.8, 4) is 0 Å². The van der Waals surface area contributed by atoms with E-state index in [1.807, 2.05) is 31.2 Å². The van der Waals surface area contributed by atoms with Crippen LogP contribution in [0.15, 0.2) is 83.8 Å². The maximum atomic E-state index is 13.2. The lowest BCUT2D eigenvalue weighted by atomic mass is 10.1. The van der Waals surface area contributed by atoms with Crippen LogP contribution in [-0.2, 0) is 10.0 Å². The largest absolute Gasteiger partial charge is 0.336 e.